The number of hydrogen-bond acceptors (Lipinski definition) is 7. The number of anilines is 1. The molecular weight excluding hydrogens is 510 g/mol. The first-order valence-electron chi connectivity index (χ1n) is 13.2. The SMILES string of the molecule is O=c1ccc2ccc(OCCCCN3CCN(c4cccc5sccc45)CC3)cc2[nH]1.Oc1ccccc1O. The molecule has 7 nitrogen and oxygen atoms in total. The Balaban J connectivity index is 0.000000332. The molecule has 1 aliphatic heterocycles. The summed E-state index contributed by atoms with van der Waals surface area (Å²) in [6.45, 7) is 6.20. The predicted octanol–water partition coefficient (Wildman–Crippen LogP) is 5.82. The Labute approximate surface area is 231 Å². The first-order valence-corrected chi connectivity index (χ1v) is 14.1. The Morgan fingerprint density at radius 2 is 1.62 bits per heavy atom. The molecular formula is C31H33N3O4S. The van der Waals surface area contributed by atoms with Crippen molar-refractivity contribution in [2.24, 2.45) is 0 Å². The van der Waals surface area contributed by atoms with Gasteiger partial charge in [-0.2, -0.15) is 0 Å². The van der Waals surface area contributed by atoms with E-state index in [0.29, 0.717) is 6.61 Å². The molecule has 0 amide bonds. The van der Waals surface area contributed by atoms with Gasteiger partial charge in [-0.15, -0.1) is 11.3 Å². The van der Waals surface area contributed by atoms with Crippen LogP contribution in [0.25, 0.3) is 21.0 Å². The number of piperazine rings is 1. The number of rotatable bonds is 7. The van der Waals surface area contributed by atoms with Crippen LogP contribution in [0, 0.1) is 0 Å². The van der Waals surface area contributed by atoms with E-state index in [-0.39, 0.29) is 17.1 Å². The molecule has 0 spiro atoms. The topological polar surface area (TPSA) is 89.0 Å². The van der Waals surface area contributed by atoms with Crippen LogP contribution in [0.4, 0.5) is 5.69 Å². The maximum atomic E-state index is 11.5. The van der Waals surface area contributed by atoms with Gasteiger partial charge < -0.3 is 24.8 Å². The fourth-order valence-corrected chi connectivity index (χ4v) is 5.58. The number of nitrogens with zero attached hydrogens (tertiary/aromatic N) is 2. The van der Waals surface area contributed by atoms with Crippen molar-refractivity contribution in [1.82, 2.24) is 9.88 Å². The van der Waals surface area contributed by atoms with Gasteiger partial charge in [0.05, 0.1) is 12.1 Å². The monoisotopic (exact) mass is 543 g/mol. The molecule has 6 rings (SSSR count). The van der Waals surface area contributed by atoms with Crippen LogP contribution in [0.2, 0.25) is 0 Å². The van der Waals surface area contributed by atoms with Crippen LogP contribution in [0.1, 0.15) is 12.8 Å². The number of aromatic hydroxyl groups is 2. The minimum absolute atomic E-state index is 0.0764. The van der Waals surface area contributed by atoms with Crippen molar-refractivity contribution in [2.45, 2.75) is 12.8 Å². The average Bonchev–Trinajstić information content (AvgIpc) is 3.44. The smallest absolute Gasteiger partial charge is 0.248 e. The molecule has 3 heterocycles. The largest absolute Gasteiger partial charge is 0.504 e. The molecule has 5 aromatic rings. The third kappa shape index (κ3) is 6.90. The number of nitrogens with one attached hydrogen (secondary N) is 1. The van der Waals surface area contributed by atoms with E-state index < -0.39 is 0 Å². The van der Waals surface area contributed by atoms with Crippen molar-refractivity contribution >= 4 is 38.0 Å². The number of unbranched alkanes of at least 4 members (excludes halogenated alkanes) is 1. The van der Waals surface area contributed by atoms with Crippen LogP contribution in [-0.4, -0.2) is 59.4 Å². The molecule has 3 N–H and O–H groups in total. The van der Waals surface area contributed by atoms with Crippen LogP contribution in [0.5, 0.6) is 17.2 Å². The summed E-state index contributed by atoms with van der Waals surface area (Å²) in [5.74, 6) is 0.658. The van der Waals surface area contributed by atoms with E-state index in [1.807, 2.05) is 35.6 Å². The van der Waals surface area contributed by atoms with Gasteiger partial charge in [-0.1, -0.05) is 18.2 Å². The van der Waals surface area contributed by atoms with E-state index in [2.05, 4.69) is 44.4 Å². The van der Waals surface area contributed by atoms with Gasteiger partial charge in [0, 0.05) is 54.1 Å². The van der Waals surface area contributed by atoms with E-state index in [9.17, 15) is 4.79 Å². The Kier molecular flexibility index (Phi) is 8.65. The molecule has 0 atom stereocenters. The number of phenolic OH excluding ortho intramolecular Hbond substituents is 2. The van der Waals surface area contributed by atoms with Crippen LogP contribution in [0.3, 0.4) is 0 Å². The molecule has 0 aliphatic carbocycles. The number of H-pyrrole nitrogens is 1. The van der Waals surface area contributed by atoms with Crippen molar-refractivity contribution in [2.75, 3.05) is 44.2 Å². The molecule has 3 aromatic carbocycles. The van der Waals surface area contributed by atoms with E-state index in [0.717, 1.165) is 62.2 Å². The normalized spacial score (nSPS) is 13.8. The van der Waals surface area contributed by atoms with Crippen LogP contribution in [-0.2, 0) is 0 Å². The highest BCUT2D eigenvalue weighted by atomic mass is 32.1. The maximum Gasteiger partial charge on any atom is 0.248 e. The number of ether oxygens (including phenoxy) is 1. The highest BCUT2D eigenvalue weighted by Gasteiger charge is 2.18. The summed E-state index contributed by atoms with van der Waals surface area (Å²) in [5, 5.41) is 21.9. The number of hydrogen-bond donors (Lipinski definition) is 3. The van der Waals surface area contributed by atoms with Gasteiger partial charge in [0.15, 0.2) is 11.5 Å². The number of para-hydroxylation sites is 2. The summed E-state index contributed by atoms with van der Waals surface area (Å²) >= 11 is 1.82. The minimum Gasteiger partial charge on any atom is -0.504 e. The number of aromatic nitrogens is 1. The van der Waals surface area contributed by atoms with Crippen LogP contribution >= 0.6 is 11.3 Å². The lowest BCUT2D eigenvalue weighted by atomic mass is 10.2. The van der Waals surface area contributed by atoms with Gasteiger partial charge in [-0.05, 0) is 78.7 Å². The fourth-order valence-electron chi connectivity index (χ4n) is 4.78. The van der Waals surface area contributed by atoms with Gasteiger partial charge in [0.2, 0.25) is 5.56 Å². The second-order valence-electron chi connectivity index (χ2n) is 9.55. The van der Waals surface area contributed by atoms with E-state index in [4.69, 9.17) is 14.9 Å². The summed E-state index contributed by atoms with van der Waals surface area (Å²) in [5.41, 5.74) is 2.11. The number of phenols is 2. The molecule has 39 heavy (non-hydrogen) atoms. The zero-order chi connectivity index (χ0) is 27.0. The Morgan fingerprint density at radius 3 is 2.38 bits per heavy atom. The van der Waals surface area contributed by atoms with Crippen LogP contribution in [0.15, 0.2) is 89.0 Å². The second-order valence-corrected chi connectivity index (χ2v) is 10.5. The lowest BCUT2D eigenvalue weighted by molar-refractivity contribution is 0.239. The third-order valence-electron chi connectivity index (χ3n) is 6.90. The van der Waals surface area contributed by atoms with Crippen molar-refractivity contribution in [3.05, 3.63) is 94.6 Å². The highest BCUT2D eigenvalue weighted by molar-refractivity contribution is 7.17. The summed E-state index contributed by atoms with van der Waals surface area (Å²) in [7, 11) is 0. The van der Waals surface area contributed by atoms with Gasteiger partial charge in [0.25, 0.3) is 0 Å². The van der Waals surface area contributed by atoms with Gasteiger partial charge in [-0.3, -0.25) is 9.69 Å². The molecule has 0 radical (unpaired) electrons. The maximum absolute atomic E-state index is 11.5. The first-order chi connectivity index (χ1) is 19.1. The molecule has 1 aliphatic rings. The van der Waals surface area contributed by atoms with Gasteiger partial charge in [0.1, 0.15) is 5.75 Å². The molecule has 202 valence electrons. The second kappa shape index (κ2) is 12.7. The summed E-state index contributed by atoms with van der Waals surface area (Å²) in [4.78, 5) is 19.4. The molecule has 0 unspecified atom stereocenters. The van der Waals surface area contributed by atoms with Crippen molar-refractivity contribution in [1.29, 1.82) is 0 Å². The number of aromatic amines is 1. The summed E-state index contributed by atoms with van der Waals surface area (Å²) < 4.78 is 7.28. The summed E-state index contributed by atoms with van der Waals surface area (Å²) in [6, 6.07) is 24.3. The molecule has 0 bridgehead atoms. The van der Waals surface area contributed by atoms with Gasteiger partial charge >= 0.3 is 0 Å². The van der Waals surface area contributed by atoms with Crippen molar-refractivity contribution in [3.8, 4) is 17.2 Å². The first kappa shape index (κ1) is 26.6. The van der Waals surface area contributed by atoms with E-state index in [1.165, 1.54) is 27.9 Å². The van der Waals surface area contributed by atoms with E-state index in [1.54, 1.807) is 18.2 Å². The number of pyridine rings is 1. The Bertz CT molecular complexity index is 1550. The molecule has 1 fully saturated rings. The molecule has 0 saturated carbocycles. The van der Waals surface area contributed by atoms with Gasteiger partial charge in [-0.25, -0.2) is 0 Å². The molecule has 1 saturated heterocycles. The highest BCUT2D eigenvalue weighted by Crippen LogP contribution is 2.31. The third-order valence-corrected chi connectivity index (χ3v) is 7.78. The number of thiophene rings is 1. The predicted molar refractivity (Wildman–Crippen MR) is 160 cm³/mol. The fraction of sp³-hybridized carbons (Fsp3) is 0.258. The molecule has 2 aromatic heterocycles. The lowest BCUT2D eigenvalue weighted by Gasteiger charge is -2.36. The molecule has 8 heteroatoms. The lowest BCUT2D eigenvalue weighted by Crippen LogP contribution is -2.46. The van der Waals surface area contributed by atoms with Crippen LogP contribution < -0.4 is 15.2 Å². The standard InChI is InChI=1S/C25H27N3O2S.C6H6O2/c29-25-9-7-19-6-8-20(18-22(19)26-25)30-16-2-1-11-27-12-14-28(15-13-27)23-4-3-5-24-21(23)10-17-31-24;7-5-3-1-2-4-6(5)8/h3-10,17-18H,1-2,11-16H2,(H,26,29);1-4,7-8H. The average molecular weight is 544 g/mol. The Hall–Kier alpha value is -4.01. The van der Waals surface area contributed by atoms with E-state index >= 15 is 0 Å². The quantitative estimate of drug-likeness (QED) is 0.177. The Morgan fingerprint density at radius 1 is 0.846 bits per heavy atom. The zero-order valence-electron chi connectivity index (χ0n) is 21.8. The summed E-state index contributed by atoms with van der Waals surface area (Å²) in [6.07, 6.45) is 2.16. The number of fused-ring (bicyclic) bond motifs is 2. The zero-order valence-corrected chi connectivity index (χ0v) is 22.6. The van der Waals surface area contributed by atoms with Crippen molar-refractivity contribution < 1.29 is 14.9 Å². The van der Waals surface area contributed by atoms with Crippen molar-refractivity contribution in [3.63, 3.8) is 0 Å². The number of benzene rings is 3. The minimum atomic E-state index is -0.0863.